The van der Waals surface area contributed by atoms with Gasteiger partial charge in [-0.3, -0.25) is 0 Å². The average molecular weight is 776 g/mol. The first-order chi connectivity index (χ1) is 21.8. The molecule has 7 rings (SSSR count). The minimum Gasteiger partial charge on any atom is -0.499 e. The standard InChI is InChI=1S/C25H22NOS.C14H14N.Ir/c1-15-14-26-21(12-17(15)13-25(2,3)4)20-7-5-6-18-19-9-8-16-10-11-28-24(16)23(19)27-22(18)20;1-10-4-6-13(7-5-10)14-8-11(2)12(3)9-15-14;/h5-6,8-12,14H,13H2,1-4H3;4-6,8-9H,1-3H3;/q2*-1;/i1D3;;. The summed E-state index contributed by atoms with van der Waals surface area (Å²) in [6, 6.07) is 26.9. The van der Waals surface area contributed by atoms with Crippen LogP contribution in [-0.2, 0) is 26.5 Å². The number of aryl methyl sites for hydroxylation is 4. The van der Waals surface area contributed by atoms with Crippen molar-refractivity contribution in [3.63, 3.8) is 0 Å². The number of furan rings is 1. The van der Waals surface area contributed by atoms with Gasteiger partial charge < -0.3 is 14.4 Å². The van der Waals surface area contributed by atoms with Crippen molar-refractivity contribution in [2.75, 3.05) is 0 Å². The Labute approximate surface area is 282 Å². The van der Waals surface area contributed by atoms with E-state index < -0.39 is 6.85 Å². The molecule has 0 spiro atoms. The van der Waals surface area contributed by atoms with E-state index in [0.29, 0.717) is 17.7 Å². The Bertz CT molecular complexity index is 2190. The maximum Gasteiger partial charge on any atom is 0.138 e. The fraction of sp³-hybridized carbons (Fsp3) is 0.231. The molecule has 0 unspecified atom stereocenters. The molecule has 0 bridgehead atoms. The molecule has 225 valence electrons. The quantitative estimate of drug-likeness (QED) is 0.168. The SMILES string of the molecule is Cc1c[c-]c(-c2cc(C)c(C)cn2)cc1.[2H]C([2H])([2H])c1cnc(-c2[c-]ccc3c2oc2c3ccc3ccsc32)cc1CC(C)(C)C.[Ir]. The van der Waals surface area contributed by atoms with Crippen LogP contribution in [0.3, 0.4) is 0 Å². The Morgan fingerprint density at radius 3 is 2.34 bits per heavy atom. The van der Waals surface area contributed by atoms with Crippen molar-refractivity contribution in [3.8, 4) is 22.5 Å². The monoisotopic (exact) mass is 776 g/mol. The third kappa shape index (κ3) is 6.56. The van der Waals surface area contributed by atoms with Crippen molar-refractivity contribution < 1.29 is 28.6 Å². The summed E-state index contributed by atoms with van der Waals surface area (Å²) < 4.78 is 31.3. The van der Waals surface area contributed by atoms with Gasteiger partial charge in [0.25, 0.3) is 0 Å². The van der Waals surface area contributed by atoms with Gasteiger partial charge in [-0.05, 0) is 71.9 Å². The predicted octanol–water partition coefficient (Wildman–Crippen LogP) is 11.0. The summed E-state index contributed by atoms with van der Waals surface area (Å²) in [7, 11) is 0. The van der Waals surface area contributed by atoms with Crippen LogP contribution in [0.5, 0.6) is 0 Å². The van der Waals surface area contributed by atoms with E-state index in [1.807, 2.05) is 30.5 Å². The number of rotatable bonds is 3. The predicted molar refractivity (Wildman–Crippen MR) is 182 cm³/mol. The molecular formula is C39H36IrN2OS-2. The zero-order valence-electron chi connectivity index (χ0n) is 28.8. The molecular weight excluding hydrogens is 737 g/mol. The van der Waals surface area contributed by atoms with Crippen molar-refractivity contribution in [2.24, 2.45) is 5.41 Å². The summed E-state index contributed by atoms with van der Waals surface area (Å²) in [5.74, 6) is 0. The Hall–Kier alpha value is -3.63. The molecule has 0 aliphatic carbocycles. The van der Waals surface area contributed by atoms with Crippen molar-refractivity contribution >= 4 is 43.4 Å². The Balaban J connectivity index is 0.000000228. The minimum atomic E-state index is -2.20. The van der Waals surface area contributed by atoms with Crippen LogP contribution in [0.25, 0.3) is 54.5 Å². The van der Waals surface area contributed by atoms with Crippen molar-refractivity contribution in [2.45, 2.75) is 54.8 Å². The molecule has 0 amide bonds. The van der Waals surface area contributed by atoms with E-state index >= 15 is 0 Å². The van der Waals surface area contributed by atoms with Crippen LogP contribution in [0.1, 0.15) is 52.7 Å². The van der Waals surface area contributed by atoms with Crippen molar-refractivity contribution in [1.82, 2.24) is 9.97 Å². The van der Waals surface area contributed by atoms with Crippen molar-refractivity contribution in [1.29, 1.82) is 0 Å². The number of fused-ring (bicyclic) bond motifs is 5. The Morgan fingerprint density at radius 1 is 0.841 bits per heavy atom. The average Bonchev–Trinajstić information content (AvgIpc) is 3.63. The fourth-order valence-corrected chi connectivity index (χ4v) is 6.08. The summed E-state index contributed by atoms with van der Waals surface area (Å²) >= 11 is 1.67. The number of benzene rings is 3. The van der Waals surface area contributed by atoms with E-state index in [9.17, 15) is 0 Å². The Kier molecular flexibility index (Phi) is 8.09. The minimum absolute atomic E-state index is 0. The van der Waals surface area contributed by atoms with Gasteiger partial charge in [-0.15, -0.1) is 64.9 Å². The zero-order valence-corrected chi connectivity index (χ0v) is 29.0. The summed E-state index contributed by atoms with van der Waals surface area (Å²) in [4.78, 5) is 8.94. The number of hydrogen-bond acceptors (Lipinski definition) is 4. The number of hydrogen-bond donors (Lipinski definition) is 0. The van der Waals surface area contributed by atoms with Crippen LogP contribution in [0.4, 0.5) is 0 Å². The molecule has 0 saturated heterocycles. The molecule has 0 N–H and O–H groups in total. The third-order valence-corrected chi connectivity index (χ3v) is 8.53. The van der Waals surface area contributed by atoms with Gasteiger partial charge >= 0.3 is 0 Å². The molecule has 3 aromatic carbocycles. The molecule has 0 aliphatic heterocycles. The first kappa shape index (κ1) is 27.9. The smallest absolute Gasteiger partial charge is 0.138 e. The molecule has 5 heteroatoms. The van der Waals surface area contributed by atoms with Crippen LogP contribution in [0, 0.1) is 45.2 Å². The van der Waals surface area contributed by atoms with Gasteiger partial charge in [-0.2, -0.15) is 0 Å². The van der Waals surface area contributed by atoms with Gasteiger partial charge in [0.15, 0.2) is 0 Å². The van der Waals surface area contributed by atoms with Crippen molar-refractivity contribution in [3.05, 3.63) is 118 Å². The van der Waals surface area contributed by atoms with Crippen LogP contribution in [-0.4, -0.2) is 9.97 Å². The van der Waals surface area contributed by atoms with Crippen LogP contribution < -0.4 is 0 Å². The zero-order chi connectivity index (χ0) is 32.8. The van der Waals surface area contributed by atoms with E-state index in [1.54, 1.807) is 11.3 Å². The van der Waals surface area contributed by atoms with Gasteiger partial charge in [-0.1, -0.05) is 74.0 Å². The van der Waals surface area contributed by atoms with Gasteiger partial charge in [0, 0.05) is 42.0 Å². The summed E-state index contributed by atoms with van der Waals surface area (Å²) in [6.45, 7) is 10.4. The molecule has 0 atom stereocenters. The second-order valence-electron chi connectivity index (χ2n) is 12.4. The summed E-state index contributed by atoms with van der Waals surface area (Å²) in [5.41, 5.74) is 9.86. The summed E-state index contributed by atoms with van der Waals surface area (Å²) in [6.07, 6.45) is 4.05. The second kappa shape index (κ2) is 12.8. The Morgan fingerprint density at radius 2 is 1.61 bits per heavy atom. The maximum absolute atomic E-state index is 7.93. The second-order valence-corrected chi connectivity index (χ2v) is 13.3. The molecule has 0 saturated carbocycles. The summed E-state index contributed by atoms with van der Waals surface area (Å²) in [5, 5.41) is 5.31. The number of thiophene rings is 1. The third-order valence-electron chi connectivity index (χ3n) is 7.60. The van der Waals surface area contributed by atoms with Gasteiger partial charge in [0.1, 0.15) is 5.58 Å². The molecule has 3 nitrogen and oxygen atoms in total. The first-order valence-corrected chi connectivity index (χ1v) is 15.3. The molecule has 4 heterocycles. The number of aromatic nitrogens is 2. The number of nitrogens with zero attached hydrogens (tertiary/aromatic N) is 2. The van der Waals surface area contributed by atoms with Crippen LogP contribution in [0.15, 0.2) is 82.9 Å². The van der Waals surface area contributed by atoms with E-state index in [2.05, 4.69) is 105 Å². The van der Waals surface area contributed by atoms with E-state index in [4.69, 9.17) is 8.53 Å². The number of pyridine rings is 2. The van der Waals surface area contributed by atoms with E-state index in [0.717, 1.165) is 54.4 Å². The van der Waals surface area contributed by atoms with Gasteiger partial charge in [0.05, 0.1) is 10.3 Å². The largest absolute Gasteiger partial charge is 0.499 e. The normalized spacial score (nSPS) is 12.7. The van der Waals surface area contributed by atoms with Crippen LogP contribution >= 0.6 is 11.3 Å². The van der Waals surface area contributed by atoms with Gasteiger partial charge in [0.2, 0.25) is 0 Å². The molecule has 7 aromatic rings. The maximum atomic E-state index is 7.93. The van der Waals surface area contributed by atoms with E-state index in [1.165, 1.54) is 22.9 Å². The topological polar surface area (TPSA) is 38.9 Å². The molecule has 44 heavy (non-hydrogen) atoms. The fourth-order valence-electron chi connectivity index (χ4n) is 5.20. The van der Waals surface area contributed by atoms with Crippen LogP contribution in [0.2, 0.25) is 0 Å². The molecule has 0 fully saturated rings. The molecule has 4 aromatic heterocycles. The van der Waals surface area contributed by atoms with E-state index in [-0.39, 0.29) is 25.5 Å². The molecule has 0 aliphatic rings. The molecule has 1 radical (unpaired) electrons. The van der Waals surface area contributed by atoms with Gasteiger partial charge in [-0.25, -0.2) is 0 Å². The first-order valence-electron chi connectivity index (χ1n) is 15.9.